The third kappa shape index (κ3) is 5.22. The molecule has 0 radical (unpaired) electrons. The van der Waals surface area contributed by atoms with E-state index in [1.165, 1.54) is 17.7 Å². The van der Waals surface area contributed by atoms with Gasteiger partial charge < -0.3 is 14.9 Å². The lowest BCUT2D eigenvalue weighted by Gasteiger charge is -2.50. The molecule has 2 unspecified atom stereocenters. The smallest absolute Gasteiger partial charge is 0.214 e. The van der Waals surface area contributed by atoms with Gasteiger partial charge in [0.05, 0.1) is 5.57 Å². The number of hydrogen-bond acceptors (Lipinski definition) is 4. The van der Waals surface area contributed by atoms with E-state index in [0.29, 0.717) is 17.9 Å². The Balaban J connectivity index is 0.00000336. The number of rotatable bonds is 6. The number of likely N-dealkylation sites (tertiary alicyclic amines) is 1. The van der Waals surface area contributed by atoms with E-state index in [2.05, 4.69) is 56.9 Å². The molecule has 2 aromatic rings. The third-order valence-corrected chi connectivity index (χ3v) is 8.46. The Bertz CT molecular complexity index is 1250. The third-order valence-electron chi connectivity index (χ3n) is 8.46. The number of nitrogens with zero attached hydrogens (tertiary/aromatic N) is 1. The van der Waals surface area contributed by atoms with Crippen LogP contribution in [0.15, 0.2) is 89.2 Å². The van der Waals surface area contributed by atoms with E-state index in [1.807, 2.05) is 12.1 Å². The molecule has 2 aromatic carbocycles. The molecule has 2 N–H and O–H groups in total. The number of hydrogen-bond donors (Lipinski definition) is 2. The number of benzene rings is 2. The second-order valence-corrected chi connectivity index (χ2v) is 11.6. The van der Waals surface area contributed by atoms with Gasteiger partial charge >= 0.3 is 0 Å². The molecule has 0 amide bonds. The van der Waals surface area contributed by atoms with Gasteiger partial charge in [0.25, 0.3) is 0 Å². The molecular weight excluding hydrogens is 501 g/mol. The fourth-order valence-electron chi connectivity index (χ4n) is 6.56. The molecule has 6 heteroatoms. The van der Waals surface area contributed by atoms with Crippen LogP contribution in [0, 0.1) is 11.7 Å². The normalized spacial score (nSPS) is 23.6. The molecule has 3 aliphatic rings. The molecule has 2 heterocycles. The van der Waals surface area contributed by atoms with E-state index < -0.39 is 16.8 Å². The lowest BCUT2D eigenvalue weighted by Crippen LogP contribution is -2.51. The van der Waals surface area contributed by atoms with Crippen molar-refractivity contribution in [2.24, 2.45) is 5.92 Å². The first kappa shape index (κ1) is 28.6. The molecule has 4 nitrogen and oxygen atoms in total. The highest BCUT2D eigenvalue weighted by Crippen LogP contribution is 2.51. The Morgan fingerprint density at radius 2 is 1.76 bits per heavy atom. The van der Waals surface area contributed by atoms with Crippen LogP contribution in [0.4, 0.5) is 4.39 Å². The van der Waals surface area contributed by atoms with Crippen LogP contribution in [0.5, 0.6) is 0 Å². The van der Waals surface area contributed by atoms with Crippen LogP contribution in [0.3, 0.4) is 0 Å². The zero-order chi connectivity index (χ0) is 26.4. The number of allylic oxidation sites excluding steroid dienone is 2. The lowest BCUT2D eigenvalue weighted by atomic mass is 9.67. The van der Waals surface area contributed by atoms with Crippen molar-refractivity contribution >= 4 is 12.4 Å². The number of halogens is 2. The van der Waals surface area contributed by atoms with Crippen molar-refractivity contribution in [1.29, 1.82) is 0 Å². The summed E-state index contributed by atoms with van der Waals surface area (Å²) >= 11 is 0. The molecule has 2 aliphatic heterocycles. The van der Waals surface area contributed by atoms with Crippen molar-refractivity contribution in [3.63, 3.8) is 0 Å². The second-order valence-electron chi connectivity index (χ2n) is 11.6. The Morgan fingerprint density at radius 3 is 2.42 bits per heavy atom. The maximum atomic E-state index is 13.7. The molecule has 1 fully saturated rings. The largest absolute Gasteiger partial charge is 0.487 e. The second kappa shape index (κ2) is 10.6. The van der Waals surface area contributed by atoms with Gasteiger partial charge in [0.2, 0.25) is 5.79 Å². The van der Waals surface area contributed by atoms with Crippen molar-refractivity contribution in [1.82, 2.24) is 4.90 Å². The highest BCUT2D eigenvalue weighted by molar-refractivity contribution is 5.85. The summed E-state index contributed by atoms with van der Waals surface area (Å²) in [4.78, 5) is 2.38. The average molecular weight is 540 g/mol. The summed E-state index contributed by atoms with van der Waals surface area (Å²) < 4.78 is 20.3. The zero-order valence-electron chi connectivity index (χ0n) is 22.7. The standard InChI is InChI=1S/C32H38FNO3.ClH/c1-5-16-31(4,23-11-13-25(33)14-12-23)24-18-28-29(32(35,36)19-24)26-21-34(20-22-9-7-6-8-10-22)17-15-27(26)30(2,3)37-28;/h6-14,18-19,27,35-36H,5,15-17,20-21H2,1-4H3;1H. The molecule has 0 bridgehead atoms. The predicted octanol–water partition coefficient (Wildman–Crippen LogP) is 6.44. The van der Waals surface area contributed by atoms with Crippen LogP contribution in [-0.4, -0.2) is 39.6 Å². The summed E-state index contributed by atoms with van der Waals surface area (Å²) in [6, 6.07) is 16.9. The fourth-order valence-corrected chi connectivity index (χ4v) is 6.56. The van der Waals surface area contributed by atoms with E-state index in [4.69, 9.17) is 4.74 Å². The minimum absolute atomic E-state index is 0. The average Bonchev–Trinajstić information content (AvgIpc) is 2.83. The first-order valence-corrected chi connectivity index (χ1v) is 13.4. The molecule has 1 aliphatic carbocycles. The SMILES string of the molecule is CCCC(C)(C1=CC(O)(O)C2=C3CN(Cc4ccccc4)CCC3C(C)(C)OC2=C1)c1ccc(F)cc1.Cl. The number of aliphatic hydroxyl groups is 2. The van der Waals surface area contributed by atoms with Gasteiger partial charge in [-0.15, -0.1) is 12.4 Å². The van der Waals surface area contributed by atoms with Crippen LogP contribution in [0.1, 0.15) is 58.1 Å². The molecular formula is C32H39ClFNO3. The fraction of sp³-hybridized carbons (Fsp3) is 0.438. The monoisotopic (exact) mass is 539 g/mol. The summed E-state index contributed by atoms with van der Waals surface area (Å²) in [6.45, 7) is 10.8. The summed E-state index contributed by atoms with van der Waals surface area (Å²) in [7, 11) is 0. The molecule has 1 saturated heterocycles. The highest BCUT2D eigenvalue weighted by atomic mass is 35.5. The van der Waals surface area contributed by atoms with Crippen molar-refractivity contribution in [2.75, 3.05) is 13.1 Å². The van der Waals surface area contributed by atoms with Crippen LogP contribution in [0.25, 0.3) is 0 Å². The molecule has 38 heavy (non-hydrogen) atoms. The zero-order valence-corrected chi connectivity index (χ0v) is 23.5. The van der Waals surface area contributed by atoms with Gasteiger partial charge in [-0.25, -0.2) is 4.39 Å². The first-order valence-electron chi connectivity index (χ1n) is 13.4. The molecule has 5 rings (SSSR count). The summed E-state index contributed by atoms with van der Waals surface area (Å²) in [5.41, 5.74) is 3.48. The van der Waals surface area contributed by atoms with Crippen LogP contribution >= 0.6 is 12.4 Å². The Kier molecular flexibility index (Phi) is 7.98. The Labute approximate surface area is 231 Å². The molecule has 0 spiro atoms. The molecule has 0 saturated carbocycles. The Hall–Kier alpha value is -2.44. The molecule has 204 valence electrons. The van der Waals surface area contributed by atoms with Crippen molar-refractivity contribution in [3.8, 4) is 0 Å². The van der Waals surface area contributed by atoms with Crippen LogP contribution in [0.2, 0.25) is 0 Å². The summed E-state index contributed by atoms with van der Waals surface area (Å²) in [6.07, 6.45) is 6.11. The van der Waals surface area contributed by atoms with Crippen LogP contribution in [-0.2, 0) is 16.7 Å². The van der Waals surface area contributed by atoms with Crippen molar-refractivity contribution in [2.45, 2.75) is 70.3 Å². The molecule has 2 atom stereocenters. The predicted molar refractivity (Wildman–Crippen MR) is 151 cm³/mol. The maximum Gasteiger partial charge on any atom is 0.214 e. The van der Waals surface area contributed by atoms with Gasteiger partial charge in [-0.1, -0.05) is 62.7 Å². The number of fused-ring (bicyclic) bond motifs is 2. The number of ether oxygens (including phenoxy) is 1. The van der Waals surface area contributed by atoms with E-state index in [9.17, 15) is 14.6 Å². The summed E-state index contributed by atoms with van der Waals surface area (Å²) in [5, 5.41) is 23.1. The minimum atomic E-state index is -2.16. The first-order chi connectivity index (χ1) is 17.5. The van der Waals surface area contributed by atoms with E-state index >= 15 is 0 Å². The van der Waals surface area contributed by atoms with Gasteiger partial charge in [0.1, 0.15) is 17.2 Å². The van der Waals surface area contributed by atoms with Gasteiger partial charge in [-0.3, -0.25) is 4.90 Å². The quantitative estimate of drug-likeness (QED) is 0.415. The molecule has 0 aromatic heterocycles. The van der Waals surface area contributed by atoms with Gasteiger partial charge in [0, 0.05) is 24.4 Å². The van der Waals surface area contributed by atoms with E-state index in [1.54, 1.807) is 18.2 Å². The van der Waals surface area contributed by atoms with E-state index in [0.717, 1.165) is 49.1 Å². The van der Waals surface area contributed by atoms with Crippen molar-refractivity contribution < 1.29 is 19.3 Å². The van der Waals surface area contributed by atoms with Crippen LogP contribution < -0.4 is 0 Å². The highest BCUT2D eigenvalue weighted by Gasteiger charge is 2.50. The minimum Gasteiger partial charge on any atom is -0.487 e. The lowest BCUT2D eigenvalue weighted by molar-refractivity contribution is -0.108. The van der Waals surface area contributed by atoms with Gasteiger partial charge in [-0.05, 0) is 79.8 Å². The van der Waals surface area contributed by atoms with Gasteiger partial charge in [0.15, 0.2) is 0 Å². The van der Waals surface area contributed by atoms with E-state index in [-0.39, 0.29) is 24.1 Å². The summed E-state index contributed by atoms with van der Waals surface area (Å²) in [5.74, 6) is -1.82. The van der Waals surface area contributed by atoms with Crippen molar-refractivity contribution in [3.05, 3.63) is 106 Å². The Morgan fingerprint density at radius 1 is 1.08 bits per heavy atom. The number of piperidine rings is 1. The van der Waals surface area contributed by atoms with Gasteiger partial charge in [-0.2, -0.15) is 0 Å². The topological polar surface area (TPSA) is 52.9 Å². The maximum absolute atomic E-state index is 13.7.